The lowest BCUT2D eigenvalue weighted by Gasteiger charge is -2.01. The third-order valence-electron chi connectivity index (χ3n) is 1.28. The van der Waals surface area contributed by atoms with Crippen molar-refractivity contribution in [3.63, 3.8) is 0 Å². The van der Waals surface area contributed by atoms with Gasteiger partial charge in [-0.2, -0.15) is 0 Å². The van der Waals surface area contributed by atoms with E-state index in [1.807, 2.05) is 30.0 Å². The van der Waals surface area contributed by atoms with Crippen LogP contribution < -0.4 is 5.73 Å². The maximum atomic E-state index is 5.63. The summed E-state index contributed by atoms with van der Waals surface area (Å²) >= 11 is 5.19. The van der Waals surface area contributed by atoms with Crippen LogP contribution in [0.4, 0.5) is 5.69 Å². The van der Waals surface area contributed by atoms with E-state index in [1.165, 1.54) is 4.90 Å². The zero-order chi connectivity index (χ0) is 8.27. The maximum absolute atomic E-state index is 5.63. The number of anilines is 1. The van der Waals surface area contributed by atoms with Crippen molar-refractivity contribution in [3.05, 3.63) is 22.7 Å². The van der Waals surface area contributed by atoms with Gasteiger partial charge in [0.2, 0.25) is 0 Å². The molecule has 1 aromatic carbocycles. The summed E-state index contributed by atoms with van der Waals surface area (Å²) in [7, 11) is 0. The molecule has 0 unspecified atom stereocenters. The lowest BCUT2D eigenvalue weighted by Crippen LogP contribution is -1.85. The van der Waals surface area contributed by atoms with E-state index in [1.54, 1.807) is 0 Å². The number of nitrogen functional groups attached to an aromatic ring is 1. The van der Waals surface area contributed by atoms with E-state index in [9.17, 15) is 0 Å². The topological polar surface area (TPSA) is 26.0 Å². The van der Waals surface area contributed by atoms with Crippen molar-refractivity contribution in [3.8, 4) is 0 Å². The molecule has 1 aromatic rings. The fourth-order valence-electron chi connectivity index (χ4n) is 0.764. The Labute approximate surface area is 79.5 Å². The molecule has 0 aliphatic carbocycles. The minimum absolute atomic E-state index is 0.797. The minimum Gasteiger partial charge on any atom is -0.398 e. The zero-order valence-corrected chi connectivity index (χ0v) is 8.71. The summed E-state index contributed by atoms with van der Waals surface area (Å²) in [6, 6.07) is 6.00. The second-order valence-corrected chi connectivity index (χ2v) is 4.31. The van der Waals surface area contributed by atoms with Gasteiger partial charge in [-0.05, 0) is 39.9 Å². The Bertz CT molecular complexity index is 250. The average molecular weight is 232 g/mol. The standard InChI is InChI=1S/C8H10BrNS/c1-2-11-6-3-4-8(10)7(9)5-6/h3-5H,2,10H2,1H3. The number of hydrogen-bond acceptors (Lipinski definition) is 2. The van der Waals surface area contributed by atoms with Gasteiger partial charge < -0.3 is 5.73 Å². The Morgan fingerprint density at radius 3 is 2.82 bits per heavy atom. The summed E-state index contributed by atoms with van der Waals surface area (Å²) in [6.45, 7) is 2.13. The lowest BCUT2D eigenvalue weighted by molar-refractivity contribution is 1.41. The van der Waals surface area contributed by atoms with Crippen molar-refractivity contribution < 1.29 is 0 Å². The number of benzene rings is 1. The van der Waals surface area contributed by atoms with Crippen molar-refractivity contribution in [2.45, 2.75) is 11.8 Å². The molecule has 0 heterocycles. The van der Waals surface area contributed by atoms with Crippen molar-refractivity contribution in [1.29, 1.82) is 0 Å². The van der Waals surface area contributed by atoms with Crippen molar-refractivity contribution in [2.24, 2.45) is 0 Å². The molecule has 0 aliphatic heterocycles. The van der Waals surface area contributed by atoms with Crippen LogP contribution in [-0.4, -0.2) is 5.75 Å². The Hall–Kier alpha value is -0.150. The van der Waals surface area contributed by atoms with Crippen molar-refractivity contribution >= 4 is 33.4 Å². The number of nitrogens with two attached hydrogens (primary N) is 1. The van der Waals surface area contributed by atoms with Gasteiger partial charge >= 0.3 is 0 Å². The van der Waals surface area contributed by atoms with Gasteiger partial charge in [-0.1, -0.05) is 6.92 Å². The number of halogens is 1. The summed E-state index contributed by atoms with van der Waals surface area (Å²) in [4.78, 5) is 1.26. The number of hydrogen-bond donors (Lipinski definition) is 1. The van der Waals surface area contributed by atoms with Crippen LogP contribution in [0.1, 0.15) is 6.92 Å². The fraction of sp³-hybridized carbons (Fsp3) is 0.250. The monoisotopic (exact) mass is 231 g/mol. The predicted octanol–water partition coefficient (Wildman–Crippen LogP) is 3.14. The van der Waals surface area contributed by atoms with E-state index in [4.69, 9.17) is 5.73 Å². The molecule has 0 saturated heterocycles. The van der Waals surface area contributed by atoms with Crippen LogP contribution in [0.25, 0.3) is 0 Å². The first-order valence-corrected chi connectivity index (χ1v) is 5.19. The van der Waals surface area contributed by atoms with E-state index in [0.717, 1.165) is 15.9 Å². The Balaban J connectivity index is 2.86. The highest BCUT2D eigenvalue weighted by atomic mass is 79.9. The van der Waals surface area contributed by atoms with E-state index < -0.39 is 0 Å². The largest absolute Gasteiger partial charge is 0.398 e. The normalized spacial score (nSPS) is 10.0. The van der Waals surface area contributed by atoms with Crippen molar-refractivity contribution in [1.82, 2.24) is 0 Å². The molecule has 0 fully saturated rings. The number of thioether (sulfide) groups is 1. The lowest BCUT2D eigenvalue weighted by atomic mass is 10.3. The van der Waals surface area contributed by atoms with Crippen LogP contribution in [0, 0.1) is 0 Å². The highest BCUT2D eigenvalue weighted by Crippen LogP contribution is 2.26. The van der Waals surface area contributed by atoms with Crippen LogP contribution in [0.15, 0.2) is 27.6 Å². The van der Waals surface area contributed by atoms with Gasteiger partial charge in [-0.3, -0.25) is 0 Å². The van der Waals surface area contributed by atoms with Crippen LogP contribution in [0.2, 0.25) is 0 Å². The molecule has 0 saturated carbocycles. The molecule has 60 valence electrons. The van der Waals surface area contributed by atoms with E-state index in [0.29, 0.717) is 0 Å². The first-order valence-electron chi connectivity index (χ1n) is 3.42. The molecular weight excluding hydrogens is 222 g/mol. The highest BCUT2D eigenvalue weighted by Gasteiger charge is 1.96. The SMILES string of the molecule is CCSc1ccc(N)c(Br)c1. The van der Waals surface area contributed by atoms with Gasteiger partial charge in [0.1, 0.15) is 0 Å². The molecule has 1 rings (SSSR count). The summed E-state index contributed by atoms with van der Waals surface area (Å²) < 4.78 is 0.982. The second-order valence-electron chi connectivity index (χ2n) is 2.12. The quantitative estimate of drug-likeness (QED) is 0.626. The van der Waals surface area contributed by atoms with Crippen LogP contribution >= 0.6 is 27.7 Å². The molecule has 0 aliphatic rings. The molecular formula is C8H10BrNS. The van der Waals surface area contributed by atoms with Gasteiger partial charge in [0.15, 0.2) is 0 Å². The summed E-state index contributed by atoms with van der Waals surface area (Å²) in [5.41, 5.74) is 6.43. The van der Waals surface area contributed by atoms with Gasteiger partial charge in [0, 0.05) is 15.1 Å². The third-order valence-corrected chi connectivity index (χ3v) is 2.85. The summed E-state index contributed by atoms with van der Waals surface area (Å²) in [5.74, 6) is 1.09. The second kappa shape index (κ2) is 4.02. The Morgan fingerprint density at radius 2 is 2.27 bits per heavy atom. The molecule has 0 spiro atoms. The first-order chi connectivity index (χ1) is 5.24. The van der Waals surface area contributed by atoms with E-state index in [2.05, 4.69) is 22.9 Å². The van der Waals surface area contributed by atoms with Crippen molar-refractivity contribution in [2.75, 3.05) is 11.5 Å². The molecule has 0 amide bonds. The third kappa shape index (κ3) is 2.42. The van der Waals surface area contributed by atoms with Gasteiger partial charge in [0.05, 0.1) is 0 Å². The van der Waals surface area contributed by atoms with Crippen LogP contribution in [-0.2, 0) is 0 Å². The minimum atomic E-state index is 0.797. The Kier molecular flexibility index (Phi) is 3.27. The maximum Gasteiger partial charge on any atom is 0.0459 e. The summed E-state index contributed by atoms with van der Waals surface area (Å²) in [6.07, 6.45) is 0. The summed E-state index contributed by atoms with van der Waals surface area (Å²) in [5, 5.41) is 0. The molecule has 2 N–H and O–H groups in total. The predicted molar refractivity (Wildman–Crippen MR) is 55.0 cm³/mol. The molecule has 11 heavy (non-hydrogen) atoms. The zero-order valence-electron chi connectivity index (χ0n) is 6.30. The van der Waals surface area contributed by atoms with Gasteiger partial charge in [-0.25, -0.2) is 0 Å². The van der Waals surface area contributed by atoms with Crippen LogP contribution in [0.3, 0.4) is 0 Å². The molecule has 0 aromatic heterocycles. The molecule has 0 radical (unpaired) electrons. The van der Waals surface area contributed by atoms with Crippen LogP contribution in [0.5, 0.6) is 0 Å². The molecule has 0 bridgehead atoms. The fourth-order valence-corrected chi connectivity index (χ4v) is 1.99. The van der Waals surface area contributed by atoms with E-state index in [-0.39, 0.29) is 0 Å². The Morgan fingerprint density at radius 1 is 1.55 bits per heavy atom. The van der Waals surface area contributed by atoms with Gasteiger partial charge in [0.25, 0.3) is 0 Å². The molecule has 3 heteroatoms. The average Bonchev–Trinajstić information content (AvgIpc) is 1.98. The highest BCUT2D eigenvalue weighted by molar-refractivity contribution is 9.10. The molecule has 0 atom stereocenters. The smallest absolute Gasteiger partial charge is 0.0459 e. The number of rotatable bonds is 2. The van der Waals surface area contributed by atoms with E-state index >= 15 is 0 Å². The van der Waals surface area contributed by atoms with Gasteiger partial charge in [-0.15, -0.1) is 11.8 Å². The first kappa shape index (κ1) is 8.94. The molecule has 1 nitrogen and oxygen atoms in total.